The molecule has 1 N–H and O–H groups in total. The summed E-state index contributed by atoms with van der Waals surface area (Å²) in [7, 11) is 0.796. The fourth-order valence-electron chi connectivity index (χ4n) is 3.76. The smallest absolute Gasteiger partial charge is 0.250 e. The first-order chi connectivity index (χ1) is 13.8. The molecule has 0 aliphatic carbocycles. The lowest BCUT2D eigenvalue weighted by atomic mass is 9.96. The number of anilines is 2. The first-order valence-electron chi connectivity index (χ1n) is 9.67. The molecule has 2 aliphatic rings. The van der Waals surface area contributed by atoms with Crippen LogP contribution >= 0.6 is 0 Å². The molecule has 1 saturated heterocycles. The zero-order valence-corrected chi connectivity index (χ0v) is 17.9. The Morgan fingerprint density at radius 2 is 2.03 bits per heavy atom. The van der Waals surface area contributed by atoms with E-state index in [4.69, 9.17) is 4.74 Å². The zero-order chi connectivity index (χ0) is 21.2. The summed E-state index contributed by atoms with van der Waals surface area (Å²) in [6.07, 6.45) is 2.64. The monoisotopic (exact) mass is 424 g/mol. The van der Waals surface area contributed by atoms with E-state index in [1.54, 1.807) is 19.2 Å². The van der Waals surface area contributed by atoms with Crippen LogP contribution in [0.5, 0.6) is 0 Å². The second-order valence-corrected chi connectivity index (χ2v) is 9.56. The molecule has 10 heteroatoms. The van der Waals surface area contributed by atoms with E-state index >= 15 is 0 Å². The van der Waals surface area contributed by atoms with E-state index in [1.165, 1.54) is 25.1 Å². The topological polar surface area (TPSA) is 99.3 Å². The van der Waals surface area contributed by atoms with Crippen LogP contribution in [0.1, 0.15) is 19.3 Å². The second-order valence-electron chi connectivity index (χ2n) is 7.41. The average molecular weight is 425 g/mol. The summed E-state index contributed by atoms with van der Waals surface area (Å²) in [4.78, 5) is 29.1. The predicted molar refractivity (Wildman–Crippen MR) is 110 cm³/mol. The highest BCUT2D eigenvalue weighted by Gasteiger charge is 2.40. The first-order valence-corrected chi connectivity index (χ1v) is 11.1. The predicted octanol–water partition coefficient (Wildman–Crippen LogP) is 0.405. The van der Waals surface area contributed by atoms with Crippen molar-refractivity contribution in [2.75, 3.05) is 57.2 Å². The Morgan fingerprint density at radius 3 is 2.72 bits per heavy atom. The second kappa shape index (κ2) is 8.68. The third-order valence-electron chi connectivity index (χ3n) is 5.31. The van der Waals surface area contributed by atoms with Gasteiger partial charge in [0.2, 0.25) is 21.8 Å². The van der Waals surface area contributed by atoms with Crippen LogP contribution in [0.3, 0.4) is 0 Å². The number of methoxy groups -OCH3 is 1. The molecule has 0 aromatic heterocycles. The van der Waals surface area contributed by atoms with E-state index in [-0.39, 0.29) is 29.3 Å². The van der Waals surface area contributed by atoms with Gasteiger partial charge in [0, 0.05) is 34.3 Å². The van der Waals surface area contributed by atoms with Crippen LogP contribution in [-0.2, 0) is 24.3 Å². The number of carbonyl (C=O) groups is 2. The highest BCUT2D eigenvalue weighted by molar-refractivity contribution is 7.89. The maximum atomic E-state index is 13.2. The summed E-state index contributed by atoms with van der Waals surface area (Å²) in [6.45, 7) is 1.29. The minimum atomic E-state index is -3.67. The van der Waals surface area contributed by atoms with Crippen molar-refractivity contribution < 1.29 is 22.7 Å². The number of piperidine rings is 1. The number of carbonyl (C=O) groups excluding carboxylic acids is 2. The highest BCUT2D eigenvalue weighted by Crippen LogP contribution is 2.40. The molecule has 1 aromatic carbocycles. The molecule has 1 aromatic rings. The normalized spacial score (nSPS) is 19.2. The van der Waals surface area contributed by atoms with E-state index in [0.717, 1.165) is 35.8 Å². The van der Waals surface area contributed by atoms with Gasteiger partial charge in [-0.2, -0.15) is 0 Å². The van der Waals surface area contributed by atoms with Gasteiger partial charge in [-0.1, -0.05) is 0 Å². The molecule has 2 amide bonds. The van der Waals surface area contributed by atoms with Crippen LogP contribution in [-0.4, -0.2) is 78.0 Å². The Labute approximate surface area is 171 Å². The summed E-state index contributed by atoms with van der Waals surface area (Å²) in [5, 5.41) is 2.72. The molecular weight excluding hydrogens is 396 g/mol. The number of benzene rings is 1. The quantitative estimate of drug-likeness (QED) is 0.637. The number of amides is 2. The number of nitrogens with zero attached hydrogens (tertiary/aromatic N) is 3. The Balaban J connectivity index is 1.99. The van der Waals surface area contributed by atoms with E-state index in [2.05, 4.69) is 5.32 Å². The molecule has 9 nitrogen and oxygen atoms in total. The van der Waals surface area contributed by atoms with Gasteiger partial charge in [-0.05, 0) is 37.5 Å². The number of hydrogen-bond donors (Lipinski definition) is 1. The molecule has 0 saturated carbocycles. The molecular formula is C19H28N4O5S. The number of ether oxygens (including phenoxy) is 1. The highest BCUT2D eigenvalue weighted by atomic mass is 32.2. The van der Waals surface area contributed by atoms with Gasteiger partial charge in [-0.15, -0.1) is 0 Å². The first kappa shape index (κ1) is 21.5. The Hall–Kier alpha value is -2.17. The van der Waals surface area contributed by atoms with E-state index < -0.39 is 10.0 Å². The molecule has 0 spiro atoms. The molecule has 2 aliphatic heterocycles. The van der Waals surface area contributed by atoms with Gasteiger partial charge in [0.05, 0.1) is 22.9 Å². The lowest BCUT2D eigenvalue weighted by Gasteiger charge is -2.45. The molecule has 3 rings (SSSR count). The van der Waals surface area contributed by atoms with Crippen molar-refractivity contribution in [3.8, 4) is 0 Å². The molecule has 1 atom stereocenters. The van der Waals surface area contributed by atoms with Crippen LogP contribution in [0.2, 0.25) is 0 Å². The third kappa shape index (κ3) is 4.24. The van der Waals surface area contributed by atoms with Crippen LogP contribution in [0.4, 0.5) is 11.4 Å². The lowest BCUT2D eigenvalue weighted by molar-refractivity contribution is -0.125. The molecule has 0 radical (unpaired) electrons. The van der Waals surface area contributed by atoms with Gasteiger partial charge < -0.3 is 15.0 Å². The molecule has 1 fully saturated rings. The van der Waals surface area contributed by atoms with Gasteiger partial charge in [0.1, 0.15) is 12.6 Å². The van der Waals surface area contributed by atoms with Gasteiger partial charge in [-0.25, -0.2) is 12.7 Å². The zero-order valence-electron chi connectivity index (χ0n) is 17.1. The standard InChI is InChI=1S/C19H28N4O5S/c1-21(2)29(26,27)14-7-8-15-17(12-14)23(13-18(24)20-9-11-28-3)19(25)16-6-4-5-10-22(15)16/h7-8,12,16H,4-6,9-11,13H2,1-3H3,(H,20,24). The van der Waals surface area contributed by atoms with Crippen molar-refractivity contribution >= 4 is 33.2 Å². The van der Waals surface area contributed by atoms with Crippen molar-refractivity contribution in [3.63, 3.8) is 0 Å². The summed E-state index contributed by atoms with van der Waals surface area (Å²) >= 11 is 0. The van der Waals surface area contributed by atoms with Crippen molar-refractivity contribution in [1.82, 2.24) is 9.62 Å². The van der Waals surface area contributed by atoms with Crippen LogP contribution in [0.25, 0.3) is 0 Å². The summed E-state index contributed by atoms with van der Waals surface area (Å²) < 4.78 is 31.3. The number of sulfonamides is 1. The van der Waals surface area contributed by atoms with E-state index in [0.29, 0.717) is 18.8 Å². The summed E-state index contributed by atoms with van der Waals surface area (Å²) in [5.74, 6) is -0.482. The minimum absolute atomic E-state index is 0.0919. The summed E-state index contributed by atoms with van der Waals surface area (Å²) in [6, 6.07) is 4.48. The van der Waals surface area contributed by atoms with Crippen molar-refractivity contribution in [1.29, 1.82) is 0 Å². The largest absolute Gasteiger partial charge is 0.383 e. The van der Waals surface area contributed by atoms with Crippen molar-refractivity contribution in [2.24, 2.45) is 0 Å². The molecule has 29 heavy (non-hydrogen) atoms. The lowest BCUT2D eigenvalue weighted by Crippen LogP contribution is -2.57. The maximum Gasteiger partial charge on any atom is 0.250 e. The SMILES string of the molecule is COCCNC(=O)CN1C(=O)C2CCCCN2c2ccc(S(=O)(=O)N(C)C)cc21. The maximum absolute atomic E-state index is 13.2. The Bertz CT molecular complexity index is 887. The van der Waals surface area contributed by atoms with E-state index in [9.17, 15) is 18.0 Å². The number of nitrogens with one attached hydrogen (secondary N) is 1. The van der Waals surface area contributed by atoms with Crippen LogP contribution < -0.4 is 15.1 Å². The molecule has 160 valence electrons. The number of rotatable bonds is 7. The average Bonchev–Trinajstić information content (AvgIpc) is 2.70. The van der Waals surface area contributed by atoms with E-state index in [1.807, 2.05) is 4.90 Å². The fourth-order valence-corrected chi connectivity index (χ4v) is 4.69. The fraction of sp³-hybridized carbons (Fsp3) is 0.579. The third-order valence-corrected chi connectivity index (χ3v) is 7.12. The van der Waals surface area contributed by atoms with Crippen LogP contribution in [0, 0.1) is 0 Å². The molecule has 0 bridgehead atoms. The Kier molecular flexibility index (Phi) is 6.45. The van der Waals surface area contributed by atoms with Crippen molar-refractivity contribution in [3.05, 3.63) is 18.2 Å². The Morgan fingerprint density at radius 1 is 1.28 bits per heavy atom. The molecule has 1 unspecified atom stereocenters. The van der Waals surface area contributed by atoms with Crippen LogP contribution in [0.15, 0.2) is 23.1 Å². The summed E-state index contributed by atoms with van der Waals surface area (Å²) in [5.41, 5.74) is 1.25. The molecule has 2 heterocycles. The van der Waals surface area contributed by atoms with Crippen molar-refractivity contribution in [2.45, 2.75) is 30.2 Å². The number of hydrogen-bond acceptors (Lipinski definition) is 6. The van der Waals surface area contributed by atoms with Gasteiger partial charge in [0.25, 0.3) is 0 Å². The van der Waals surface area contributed by atoms with Gasteiger partial charge >= 0.3 is 0 Å². The number of fused-ring (bicyclic) bond motifs is 3. The van der Waals surface area contributed by atoms with Gasteiger partial charge in [-0.3, -0.25) is 14.5 Å². The van der Waals surface area contributed by atoms with Gasteiger partial charge in [0.15, 0.2) is 0 Å². The minimum Gasteiger partial charge on any atom is -0.383 e.